The molecule has 0 unspecified atom stereocenters. The lowest BCUT2D eigenvalue weighted by Crippen LogP contribution is -2.26. The maximum atomic E-state index is 11.7. The molecule has 1 amide bonds. The van der Waals surface area contributed by atoms with Crippen LogP contribution in [0.1, 0.15) is 22.6 Å². The number of anilines is 1. The number of amides is 1. The molecular weight excluding hydrogens is 262 g/mol. The maximum Gasteiger partial charge on any atom is 0.272 e. The van der Waals surface area contributed by atoms with Gasteiger partial charge in [-0.25, -0.2) is 0 Å². The molecular formula is C12H15N5OS. The number of pyridine rings is 1. The highest BCUT2D eigenvalue weighted by molar-refractivity contribution is 6.99. The molecule has 2 aromatic heterocycles. The standard InChI is InChI=1S/C12H15N5OS/c1-9-11(17-19-16-9)12(18)15-7-3-6-14-10-4-2-5-13-8-10/h2,4-5,8,14H,3,6-7H2,1H3,(H,15,18). The van der Waals surface area contributed by atoms with Crippen LogP contribution in [-0.4, -0.2) is 32.7 Å². The van der Waals surface area contributed by atoms with Crippen LogP contribution in [0.3, 0.4) is 0 Å². The van der Waals surface area contributed by atoms with Crippen LogP contribution in [0.2, 0.25) is 0 Å². The normalized spacial score (nSPS) is 10.2. The second kappa shape index (κ2) is 6.79. The lowest BCUT2D eigenvalue weighted by atomic mass is 10.3. The van der Waals surface area contributed by atoms with Gasteiger partial charge in [0, 0.05) is 25.5 Å². The fourth-order valence-electron chi connectivity index (χ4n) is 1.51. The van der Waals surface area contributed by atoms with Gasteiger partial charge in [0.2, 0.25) is 0 Å². The van der Waals surface area contributed by atoms with Gasteiger partial charge in [-0.05, 0) is 25.5 Å². The van der Waals surface area contributed by atoms with Crippen molar-refractivity contribution in [2.45, 2.75) is 13.3 Å². The second-order valence-electron chi connectivity index (χ2n) is 3.98. The molecule has 100 valence electrons. The number of carbonyl (C=O) groups is 1. The summed E-state index contributed by atoms with van der Waals surface area (Å²) in [5.41, 5.74) is 2.08. The molecule has 0 spiro atoms. The predicted molar refractivity (Wildman–Crippen MR) is 74.3 cm³/mol. The Morgan fingerprint density at radius 1 is 1.37 bits per heavy atom. The molecule has 0 atom stereocenters. The van der Waals surface area contributed by atoms with Crippen LogP contribution in [-0.2, 0) is 0 Å². The second-order valence-corrected chi connectivity index (χ2v) is 4.50. The predicted octanol–water partition coefficient (Wildman–Crippen LogP) is 1.47. The number of nitrogens with one attached hydrogen (secondary N) is 2. The fraction of sp³-hybridized carbons (Fsp3) is 0.333. The molecule has 0 aliphatic rings. The minimum absolute atomic E-state index is 0.160. The average Bonchev–Trinajstić information content (AvgIpc) is 2.86. The Bertz CT molecular complexity index is 528. The largest absolute Gasteiger partial charge is 0.384 e. The van der Waals surface area contributed by atoms with Crippen LogP contribution < -0.4 is 10.6 Å². The quantitative estimate of drug-likeness (QED) is 0.782. The van der Waals surface area contributed by atoms with Crippen molar-refractivity contribution in [3.63, 3.8) is 0 Å². The smallest absolute Gasteiger partial charge is 0.272 e. The Kier molecular flexibility index (Phi) is 4.79. The monoisotopic (exact) mass is 277 g/mol. The molecule has 2 N–H and O–H groups in total. The molecule has 0 aliphatic heterocycles. The van der Waals surface area contributed by atoms with Crippen molar-refractivity contribution in [2.24, 2.45) is 0 Å². The number of nitrogens with zero attached hydrogens (tertiary/aromatic N) is 3. The van der Waals surface area contributed by atoms with E-state index >= 15 is 0 Å². The zero-order valence-electron chi connectivity index (χ0n) is 10.6. The van der Waals surface area contributed by atoms with Gasteiger partial charge in [0.05, 0.1) is 23.1 Å². The van der Waals surface area contributed by atoms with Gasteiger partial charge in [0.1, 0.15) is 0 Å². The van der Waals surface area contributed by atoms with Crippen molar-refractivity contribution < 1.29 is 4.79 Å². The third-order valence-electron chi connectivity index (χ3n) is 2.50. The Balaban J connectivity index is 1.65. The van der Waals surface area contributed by atoms with Crippen LogP contribution in [0.4, 0.5) is 5.69 Å². The Labute approximate surface area is 115 Å². The summed E-state index contributed by atoms with van der Waals surface area (Å²) in [4.78, 5) is 15.7. The number of rotatable bonds is 6. The third-order valence-corrected chi connectivity index (χ3v) is 3.12. The Hall–Kier alpha value is -2.02. The highest BCUT2D eigenvalue weighted by Gasteiger charge is 2.11. The summed E-state index contributed by atoms with van der Waals surface area (Å²) in [6, 6.07) is 3.83. The molecule has 2 aromatic rings. The van der Waals surface area contributed by atoms with Gasteiger partial charge in [0.25, 0.3) is 5.91 Å². The van der Waals surface area contributed by atoms with Crippen LogP contribution in [0.15, 0.2) is 24.5 Å². The zero-order valence-corrected chi connectivity index (χ0v) is 11.4. The van der Waals surface area contributed by atoms with E-state index < -0.39 is 0 Å². The number of carbonyl (C=O) groups excluding carboxylic acids is 1. The highest BCUT2D eigenvalue weighted by atomic mass is 32.1. The van der Waals surface area contributed by atoms with E-state index in [-0.39, 0.29) is 5.91 Å². The first-order valence-corrected chi connectivity index (χ1v) is 6.71. The molecule has 0 saturated carbocycles. The van der Waals surface area contributed by atoms with Crippen molar-refractivity contribution in [3.05, 3.63) is 35.9 Å². The van der Waals surface area contributed by atoms with E-state index in [0.717, 1.165) is 30.4 Å². The summed E-state index contributed by atoms with van der Waals surface area (Å²) in [6.45, 7) is 3.16. The Morgan fingerprint density at radius 3 is 2.95 bits per heavy atom. The third kappa shape index (κ3) is 3.99. The topological polar surface area (TPSA) is 79.8 Å². The van der Waals surface area contributed by atoms with Crippen LogP contribution >= 0.6 is 11.7 Å². The molecule has 2 rings (SSSR count). The van der Waals surface area contributed by atoms with E-state index in [4.69, 9.17) is 0 Å². The molecule has 0 aliphatic carbocycles. The van der Waals surface area contributed by atoms with Crippen molar-refractivity contribution >= 4 is 23.3 Å². The number of aryl methyl sites for hydroxylation is 1. The zero-order chi connectivity index (χ0) is 13.5. The first-order valence-electron chi connectivity index (χ1n) is 5.98. The molecule has 2 heterocycles. The van der Waals surface area contributed by atoms with E-state index in [0.29, 0.717) is 17.9 Å². The van der Waals surface area contributed by atoms with Gasteiger partial charge in [-0.3, -0.25) is 9.78 Å². The SMILES string of the molecule is Cc1nsnc1C(=O)NCCCNc1cccnc1. The minimum atomic E-state index is -0.160. The molecule has 0 fully saturated rings. The van der Waals surface area contributed by atoms with Crippen molar-refractivity contribution in [1.82, 2.24) is 19.0 Å². The summed E-state index contributed by atoms with van der Waals surface area (Å²) in [5.74, 6) is -0.160. The van der Waals surface area contributed by atoms with E-state index in [1.807, 2.05) is 12.1 Å². The van der Waals surface area contributed by atoms with Gasteiger partial charge < -0.3 is 10.6 Å². The number of hydrogen-bond acceptors (Lipinski definition) is 6. The minimum Gasteiger partial charge on any atom is -0.384 e. The van der Waals surface area contributed by atoms with Crippen LogP contribution in [0.5, 0.6) is 0 Å². The fourth-order valence-corrected chi connectivity index (χ4v) is 2.06. The number of hydrogen-bond donors (Lipinski definition) is 2. The van der Waals surface area contributed by atoms with E-state index in [2.05, 4.69) is 24.4 Å². The molecule has 19 heavy (non-hydrogen) atoms. The lowest BCUT2D eigenvalue weighted by Gasteiger charge is -2.06. The first-order chi connectivity index (χ1) is 9.27. The highest BCUT2D eigenvalue weighted by Crippen LogP contribution is 2.04. The van der Waals surface area contributed by atoms with E-state index in [1.165, 1.54) is 0 Å². The van der Waals surface area contributed by atoms with Crippen LogP contribution in [0, 0.1) is 6.92 Å². The molecule has 6 nitrogen and oxygen atoms in total. The van der Waals surface area contributed by atoms with Crippen molar-refractivity contribution in [2.75, 3.05) is 18.4 Å². The molecule has 0 bridgehead atoms. The summed E-state index contributed by atoms with van der Waals surface area (Å²) in [5, 5.41) is 6.05. The molecule has 7 heteroatoms. The Morgan fingerprint density at radius 2 is 2.26 bits per heavy atom. The van der Waals surface area contributed by atoms with Gasteiger partial charge in [0.15, 0.2) is 5.69 Å². The summed E-state index contributed by atoms with van der Waals surface area (Å²) in [7, 11) is 0. The van der Waals surface area contributed by atoms with Crippen LogP contribution in [0.25, 0.3) is 0 Å². The summed E-state index contributed by atoms with van der Waals surface area (Å²) >= 11 is 1.06. The molecule has 0 radical (unpaired) electrons. The first kappa shape index (κ1) is 13.4. The van der Waals surface area contributed by atoms with Gasteiger partial charge in [-0.1, -0.05) is 0 Å². The van der Waals surface area contributed by atoms with E-state index in [9.17, 15) is 4.79 Å². The average molecular weight is 277 g/mol. The van der Waals surface area contributed by atoms with Crippen molar-refractivity contribution in [1.29, 1.82) is 0 Å². The van der Waals surface area contributed by atoms with Crippen molar-refractivity contribution in [3.8, 4) is 0 Å². The number of aromatic nitrogens is 3. The summed E-state index contributed by atoms with van der Waals surface area (Å²) < 4.78 is 7.93. The summed E-state index contributed by atoms with van der Waals surface area (Å²) in [6.07, 6.45) is 4.33. The van der Waals surface area contributed by atoms with Gasteiger partial charge in [-0.2, -0.15) is 8.75 Å². The van der Waals surface area contributed by atoms with Gasteiger partial charge in [-0.15, -0.1) is 0 Å². The molecule has 0 aromatic carbocycles. The van der Waals surface area contributed by atoms with E-state index in [1.54, 1.807) is 19.3 Å². The lowest BCUT2D eigenvalue weighted by molar-refractivity contribution is 0.0949. The maximum absolute atomic E-state index is 11.7. The van der Waals surface area contributed by atoms with Gasteiger partial charge >= 0.3 is 0 Å². The molecule has 0 saturated heterocycles.